The number of carbonyl (C=O) groups is 1. The topological polar surface area (TPSA) is 62.6 Å². The van der Waals surface area contributed by atoms with Crippen LogP contribution in [-0.2, 0) is 4.74 Å². The largest absolute Gasteiger partial charge is 0.491 e. The van der Waals surface area contributed by atoms with Crippen molar-refractivity contribution in [3.8, 4) is 11.8 Å². The number of nitriles is 1. The van der Waals surface area contributed by atoms with Crippen LogP contribution in [0.15, 0.2) is 48.5 Å². The molecule has 0 N–H and O–H groups in total. The minimum absolute atomic E-state index is 0.138. The highest BCUT2D eigenvalue weighted by molar-refractivity contribution is 5.96. The predicted octanol–water partition coefficient (Wildman–Crippen LogP) is 2.79. The van der Waals surface area contributed by atoms with Gasteiger partial charge >= 0.3 is 0 Å². The number of rotatable bonds is 4. The molecule has 1 fully saturated rings. The number of hydrogen-bond acceptors (Lipinski definition) is 4. The molecule has 1 saturated heterocycles. The van der Waals surface area contributed by atoms with Gasteiger partial charge in [0, 0.05) is 6.54 Å². The summed E-state index contributed by atoms with van der Waals surface area (Å²) >= 11 is 0. The van der Waals surface area contributed by atoms with E-state index in [1.807, 2.05) is 31.2 Å². The van der Waals surface area contributed by atoms with E-state index < -0.39 is 0 Å². The van der Waals surface area contributed by atoms with Crippen LogP contribution in [0.1, 0.15) is 21.5 Å². The van der Waals surface area contributed by atoms with E-state index in [-0.39, 0.29) is 12.0 Å². The van der Waals surface area contributed by atoms with Gasteiger partial charge < -0.3 is 14.4 Å². The van der Waals surface area contributed by atoms with E-state index >= 15 is 0 Å². The second-order valence-corrected chi connectivity index (χ2v) is 6.03. The SMILES string of the molecule is Cc1ccc(OCC2CN(C(=O)c3ccccc3C#N)CCO2)cc1. The van der Waals surface area contributed by atoms with E-state index in [1.54, 1.807) is 29.2 Å². The molecule has 1 unspecified atom stereocenters. The van der Waals surface area contributed by atoms with Crippen molar-refractivity contribution in [3.63, 3.8) is 0 Å². The number of ether oxygens (including phenoxy) is 2. The lowest BCUT2D eigenvalue weighted by Crippen LogP contribution is -2.47. The molecule has 25 heavy (non-hydrogen) atoms. The Morgan fingerprint density at radius 3 is 2.80 bits per heavy atom. The van der Waals surface area contributed by atoms with Crippen LogP contribution in [0.3, 0.4) is 0 Å². The van der Waals surface area contributed by atoms with Crippen molar-refractivity contribution in [1.29, 1.82) is 5.26 Å². The number of benzene rings is 2. The molecule has 0 aromatic heterocycles. The van der Waals surface area contributed by atoms with Gasteiger partial charge in [-0.3, -0.25) is 4.79 Å². The molecule has 0 bridgehead atoms. The second-order valence-electron chi connectivity index (χ2n) is 6.03. The first-order valence-corrected chi connectivity index (χ1v) is 8.27. The molecule has 0 saturated carbocycles. The predicted molar refractivity (Wildman–Crippen MR) is 93.5 cm³/mol. The van der Waals surface area contributed by atoms with E-state index in [1.165, 1.54) is 5.56 Å². The number of nitrogens with zero attached hydrogens (tertiary/aromatic N) is 2. The minimum atomic E-state index is -0.187. The van der Waals surface area contributed by atoms with Crippen molar-refractivity contribution in [2.75, 3.05) is 26.3 Å². The van der Waals surface area contributed by atoms with Crippen molar-refractivity contribution >= 4 is 5.91 Å². The van der Waals surface area contributed by atoms with Gasteiger partial charge in [0.05, 0.1) is 30.3 Å². The van der Waals surface area contributed by atoms with Gasteiger partial charge in [0.25, 0.3) is 5.91 Å². The smallest absolute Gasteiger partial charge is 0.255 e. The van der Waals surface area contributed by atoms with Crippen molar-refractivity contribution in [2.24, 2.45) is 0 Å². The second kappa shape index (κ2) is 7.82. The maximum absolute atomic E-state index is 12.7. The molecule has 0 radical (unpaired) electrons. The van der Waals surface area contributed by atoms with Crippen LogP contribution in [0.25, 0.3) is 0 Å². The summed E-state index contributed by atoms with van der Waals surface area (Å²) in [6, 6.07) is 16.8. The van der Waals surface area contributed by atoms with Gasteiger partial charge in [0.2, 0.25) is 0 Å². The molecular formula is C20H20N2O3. The highest BCUT2D eigenvalue weighted by atomic mass is 16.5. The maximum atomic E-state index is 12.7. The molecule has 5 heteroatoms. The molecular weight excluding hydrogens is 316 g/mol. The average molecular weight is 336 g/mol. The normalized spacial score (nSPS) is 17.0. The first-order chi connectivity index (χ1) is 12.2. The molecule has 0 aliphatic carbocycles. The van der Waals surface area contributed by atoms with Crippen molar-refractivity contribution in [3.05, 3.63) is 65.2 Å². The lowest BCUT2D eigenvalue weighted by molar-refractivity contribution is -0.0401. The summed E-state index contributed by atoms with van der Waals surface area (Å²) in [5.74, 6) is 0.647. The zero-order chi connectivity index (χ0) is 17.6. The number of amides is 1. The molecule has 1 aliphatic heterocycles. The van der Waals surface area contributed by atoms with Crippen molar-refractivity contribution < 1.29 is 14.3 Å². The summed E-state index contributed by atoms with van der Waals surface area (Å²) in [6.45, 7) is 3.83. The van der Waals surface area contributed by atoms with Gasteiger partial charge in [-0.1, -0.05) is 29.8 Å². The number of carbonyl (C=O) groups excluding carboxylic acids is 1. The van der Waals surface area contributed by atoms with Gasteiger partial charge in [-0.05, 0) is 31.2 Å². The average Bonchev–Trinajstić information content (AvgIpc) is 2.67. The van der Waals surface area contributed by atoms with Crippen LogP contribution in [0.2, 0.25) is 0 Å². The molecule has 1 amide bonds. The monoisotopic (exact) mass is 336 g/mol. The fourth-order valence-electron chi connectivity index (χ4n) is 2.77. The first kappa shape index (κ1) is 17.0. The zero-order valence-corrected chi connectivity index (χ0v) is 14.1. The summed E-state index contributed by atoms with van der Waals surface area (Å²) in [7, 11) is 0. The fraction of sp³-hybridized carbons (Fsp3) is 0.300. The number of aryl methyl sites for hydroxylation is 1. The molecule has 1 aliphatic rings. The number of hydrogen-bond donors (Lipinski definition) is 0. The summed E-state index contributed by atoms with van der Waals surface area (Å²) in [5.41, 5.74) is 2.01. The van der Waals surface area contributed by atoms with Gasteiger partial charge in [-0.15, -0.1) is 0 Å². The van der Waals surface area contributed by atoms with E-state index in [2.05, 4.69) is 6.07 Å². The molecule has 0 spiro atoms. The highest BCUT2D eigenvalue weighted by Crippen LogP contribution is 2.16. The summed E-state index contributed by atoms with van der Waals surface area (Å²) in [5, 5.41) is 9.18. The minimum Gasteiger partial charge on any atom is -0.491 e. The first-order valence-electron chi connectivity index (χ1n) is 8.27. The Hall–Kier alpha value is -2.84. The molecule has 3 rings (SSSR count). The standard InChI is InChI=1S/C20H20N2O3/c1-15-6-8-17(9-7-15)25-14-18-13-22(10-11-24-18)20(23)19-5-3-2-4-16(19)12-21/h2-9,18H,10-11,13-14H2,1H3. The quantitative estimate of drug-likeness (QED) is 0.861. The van der Waals surface area contributed by atoms with Crippen LogP contribution in [0.5, 0.6) is 5.75 Å². The summed E-state index contributed by atoms with van der Waals surface area (Å²) in [6.07, 6.45) is -0.187. The third-order valence-electron chi connectivity index (χ3n) is 4.16. The zero-order valence-electron chi connectivity index (χ0n) is 14.1. The molecule has 2 aromatic rings. The van der Waals surface area contributed by atoms with E-state index in [4.69, 9.17) is 9.47 Å². The van der Waals surface area contributed by atoms with Crippen molar-refractivity contribution in [1.82, 2.24) is 4.90 Å². The maximum Gasteiger partial charge on any atom is 0.255 e. The van der Waals surface area contributed by atoms with Crippen LogP contribution < -0.4 is 4.74 Å². The number of morpholine rings is 1. The molecule has 1 atom stereocenters. The molecule has 2 aromatic carbocycles. The molecule has 1 heterocycles. The summed E-state index contributed by atoms with van der Waals surface area (Å²) < 4.78 is 11.5. The Labute approximate surface area is 147 Å². The van der Waals surface area contributed by atoms with Gasteiger partial charge in [0.1, 0.15) is 18.5 Å². The third kappa shape index (κ3) is 4.17. The Kier molecular flexibility index (Phi) is 5.32. The van der Waals surface area contributed by atoms with Gasteiger partial charge in [-0.2, -0.15) is 5.26 Å². The van der Waals surface area contributed by atoms with E-state index in [0.29, 0.717) is 37.4 Å². The Morgan fingerprint density at radius 2 is 2.04 bits per heavy atom. The Balaban J connectivity index is 1.62. The Bertz CT molecular complexity index is 780. The fourth-order valence-corrected chi connectivity index (χ4v) is 2.77. The third-order valence-corrected chi connectivity index (χ3v) is 4.16. The molecule has 5 nitrogen and oxygen atoms in total. The lowest BCUT2D eigenvalue weighted by atomic mass is 10.1. The van der Waals surface area contributed by atoms with Gasteiger partial charge in [-0.25, -0.2) is 0 Å². The van der Waals surface area contributed by atoms with E-state index in [9.17, 15) is 10.1 Å². The van der Waals surface area contributed by atoms with Crippen molar-refractivity contribution in [2.45, 2.75) is 13.0 Å². The van der Waals surface area contributed by atoms with Crippen LogP contribution in [0, 0.1) is 18.3 Å². The highest BCUT2D eigenvalue weighted by Gasteiger charge is 2.26. The van der Waals surface area contributed by atoms with Crippen LogP contribution in [0.4, 0.5) is 0 Å². The van der Waals surface area contributed by atoms with Gasteiger partial charge in [0.15, 0.2) is 0 Å². The van der Waals surface area contributed by atoms with Crippen LogP contribution >= 0.6 is 0 Å². The Morgan fingerprint density at radius 1 is 1.28 bits per heavy atom. The lowest BCUT2D eigenvalue weighted by Gasteiger charge is -2.33. The summed E-state index contributed by atoms with van der Waals surface area (Å²) in [4.78, 5) is 14.4. The van der Waals surface area contributed by atoms with E-state index in [0.717, 1.165) is 5.75 Å². The van der Waals surface area contributed by atoms with Crippen LogP contribution in [-0.4, -0.2) is 43.2 Å². The molecule has 128 valence electrons.